The number of benzene rings is 2. The Bertz CT molecular complexity index is 1060. The van der Waals surface area contributed by atoms with E-state index < -0.39 is 17.5 Å². The summed E-state index contributed by atoms with van der Waals surface area (Å²) in [5.74, 6) is -0.229. The monoisotopic (exact) mass is 438 g/mol. The first-order valence-corrected chi connectivity index (χ1v) is 10.7. The van der Waals surface area contributed by atoms with E-state index in [2.05, 4.69) is 14.9 Å². The maximum Gasteiger partial charge on any atom is 0.280 e. The molecule has 0 unspecified atom stereocenters. The van der Waals surface area contributed by atoms with Crippen molar-refractivity contribution >= 4 is 29.0 Å². The summed E-state index contributed by atoms with van der Waals surface area (Å²) in [4.78, 5) is 28.7. The zero-order valence-electron chi connectivity index (χ0n) is 18.2. The molecular formula is C23H26N4O3S. The van der Waals surface area contributed by atoms with Crippen LogP contribution in [0, 0.1) is 6.92 Å². The van der Waals surface area contributed by atoms with Crippen LogP contribution < -0.4 is 15.0 Å². The van der Waals surface area contributed by atoms with Crippen molar-refractivity contribution in [1.29, 1.82) is 0 Å². The average molecular weight is 439 g/mol. The van der Waals surface area contributed by atoms with E-state index >= 15 is 0 Å². The fourth-order valence-corrected chi connectivity index (χ4v) is 3.70. The van der Waals surface area contributed by atoms with E-state index in [0.717, 1.165) is 17.1 Å². The van der Waals surface area contributed by atoms with E-state index in [4.69, 9.17) is 4.74 Å². The van der Waals surface area contributed by atoms with Gasteiger partial charge in [0.1, 0.15) is 11.8 Å². The first-order valence-electron chi connectivity index (χ1n) is 9.83. The first-order chi connectivity index (χ1) is 14.7. The van der Waals surface area contributed by atoms with Gasteiger partial charge in [0.2, 0.25) is 5.91 Å². The van der Waals surface area contributed by atoms with Crippen LogP contribution >= 0.6 is 11.5 Å². The number of rotatable bonds is 6. The summed E-state index contributed by atoms with van der Waals surface area (Å²) in [7, 11) is 1.54. The molecule has 8 heteroatoms. The number of methoxy groups -OCH3 is 1. The second-order valence-electron chi connectivity index (χ2n) is 8.19. The van der Waals surface area contributed by atoms with Gasteiger partial charge in [-0.15, -0.1) is 5.10 Å². The molecule has 3 rings (SSSR count). The second-order valence-corrected chi connectivity index (χ2v) is 8.80. The fourth-order valence-electron chi connectivity index (χ4n) is 3.27. The lowest BCUT2D eigenvalue weighted by molar-refractivity contribution is -0.123. The number of amides is 2. The van der Waals surface area contributed by atoms with Gasteiger partial charge in [0.15, 0.2) is 5.69 Å². The molecule has 0 saturated carbocycles. The maximum atomic E-state index is 13.6. The molecule has 0 aliphatic carbocycles. The minimum Gasteiger partial charge on any atom is -0.496 e. The molecule has 1 aromatic heterocycles. The molecule has 162 valence electrons. The Morgan fingerprint density at radius 1 is 1.13 bits per heavy atom. The molecule has 0 aliphatic rings. The van der Waals surface area contributed by atoms with Crippen molar-refractivity contribution in [3.63, 3.8) is 0 Å². The molecule has 1 N–H and O–H groups in total. The van der Waals surface area contributed by atoms with Crippen LogP contribution in [0.3, 0.4) is 0 Å². The molecule has 31 heavy (non-hydrogen) atoms. The van der Waals surface area contributed by atoms with Crippen molar-refractivity contribution in [1.82, 2.24) is 14.9 Å². The van der Waals surface area contributed by atoms with Crippen molar-refractivity contribution in [2.45, 2.75) is 39.3 Å². The van der Waals surface area contributed by atoms with Gasteiger partial charge < -0.3 is 10.1 Å². The summed E-state index contributed by atoms with van der Waals surface area (Å²) in [5, 5.41) is 8.54. The first kappa shape index (κ1) is 22.4. The lowest BCUT2D eigenvalue weighted by atomic mass is 9.99. The summed E-state index contributed by atoms with van der Waals surface area (Å²) in [6.07, 6.45) is 0. The molecule has 1 atom stereocenters. The molecule has 0 bridgehead atoms. The zero-order valence-corrected chi connectivity index (χ0v) is 19.1. The molecule has 2 amide bonds. The zero-order chi connectivity index (χ0) is 22.6. The Morgan fingerprint density at radius 3 is 2.48 bits per heavy atom. The maximum absolute atomic E-state index is 13.6. The number of nitrogens with zero attached hydrogens (tertiary/aromatic N) is 3. The fraction of sp³-hybridized carbons (Fsp3) is 0.304. The Labute approximate surface area is 186 Å². The van der Waals surface area contributed by atoms with Gasteiger partial charge in [-0.3, -0.25) is 14.5 Å². The Kier molecular flexibility index (Phi) is 6.70. The topological polar surface area (TPSA) is 84.4 Å². The predicted octanol–water partition coefficient (Wildman–Crippen LogP) is 4.16. The number of para-hydroxylation sites is 1. The minimum absolute atomic E-state index is 0.176. The van der Waals surface area contributed by atoms with Gasteiger partial charge in [-0.2, -0.15) is 0 Å². The van der Waals surface area contributed by atoms with E-state index in [9.17, 15) is 9.59 Å². The van der Waals surface area contributed by atoms with E-state index in [1.807, 2.05) is 58.0 Å². The van der Waals surface area contributed by atoms with Crippen LogP contribution in [0.4, 0.5) is 5.69 Å². The number of ether oxygens (including phenoxy) is 1. The SMILES string of the molecule is COc1ccccc1[C@H](C(=O)NC(C)(C)C)N(C(=O)c1csnn1)c1cccc(C)c1. The number of nitrogens with one attached hydrogen (secondary N) is 1. The van der Waals surface area contributed by atoms with Gasteiger partial charge in [-0.05, 0) is 63.0 Å². The summed E-state index contributed by atoms with van der Waals surface area (Å²) in [6, 6.07) is 13.7. The highest BCUT2D eigenvalue weighted by molar-refractivity contribution is 7.03. The largest absolute Gasteiger partial charge is 0.496 e. The number of hydrogen-bond acceptors (Lipinski definition) is 6. The molecule has 1 heterocycles. The van der Waals surface area contributed by atoms with Gasteiger partial charge in [0.05, 0.1) is 7.11 Å². The van der Waals surface area contributed by atoms with Crippen molar-refractivity contribution < 1.29 is 14.3 Å². The van der Waals surface area contributed by atoms with Crippen LogP contribution in [0.5, 0.6) is 5.75 Å². The number of carbonyl (C=O) groups excluding carboxylic acids is 2. The lowest BCUT2D eigenvalue weighted by Gasteiger charge is -2.34. The van der Waals surface area contributed by atoms with Crippen molar-refractivity contribution in [3.05, 3.63) is 70.7 Å². The number of hydrogen-bond donors (Lipinski definition) is 1. The number of aryl methyl sites for hydroxylation is 1. The van der Waals surface area contributed by atoms with Gasteiger partial charge >= 0.3 is 0 Å². The third kappa shape index (κ3) is 5.27. The third-order valence-electron chi connectivity index (χ3n) is 4.52. The van der Waals surface area contributed by atoms with Crippen molar-refractivity contribution in [3.8, 4) is 5.75 Å². The highest BCUT2D eigenvalue weighted by Gasteiger charge is 2.37. The number of aromatic nitrogens is 2. The molecule has 0 fully saturated rings. The predicted molar refractivity (Wildman–Crippen MR) is 122 cm³/mol. The summed E-state index contributed by atoms with van der Waals surface area (Å²) in [5.41, 5.74) is 1.79. The van der Waals surface area contributed by atoms with E-state index in [-0.39, 0.29) is 11.6 Å². The highest BCUT2D eigenvalue weighted by Crippen LogP contribution is 2.35. The smallest absolute Gasteiger partial charge is 0.280 e. The van der Waals surface area contributed by atoms with Gasteiger partial charge in [-0.25, -0.2) is 0 Å². The van der Waals surface area contributed by atoms with Crippen LogP contribution in [0.2, 0.25) is 0 Å². The minimum atomic E-state index is -0.980. The van der Waals surface area contributed by atoms with E-state index in [0.29, 0.717) is 17.0 Å². The summed E-state index contributed by atoms with van der Waals surface area (Å²) in [6.45, 7) is 7.62. The molecule has 7 nitrogen and oxygen atoms in total. The highest BCUT2D eigenvalue weighted by atomic mass is 32.1. The Hall–Kier alpha value is -3.26. The molecule has 2 aromatic carbocycles. The van der Waals surface area contributed by atoms with Gasteiger partial charge in [0.25, 0.3) is 5.91 Å². The lowest BCUT2D eigenvalue weighted by Crippen LogP contribution is -2.49. The third-order valence-corrected chi connectivity index (χ3v) is 5.02. The number of anilines is 1. The van der Waals surface area contributed by atoms with E-state index in [1.54, 1.807) is 30.7 Å². The second kappa shape index (κ2) is 9.26. The Balaban J connectivity index is 2.23. The quantitative estimate of drug-likeness (QED) is 0.625. The van der Waals surface area contributed by atoms with Crippen LogP contribution in [0.25, 0.3) is 0 Å². The molecule has 0 radical (unpaired) electrons. The van der Waals surface area contributed by atoms with Crippen molar-refractivity contribution in [2.75, 3.05) is 12.0 Å². The summed E-state index contributed by atoms with van der Waals surface area (Å²) >= 11 is 1.08. The molecule has 0 aliphatic heterocycles. The summed E-state index contributed by atoms with van der Waals surface area (Å²) < 4.78 is 9.37. The van der Waals surface area contributed by atoms with Crippen LogP contribution in [0.15, 0.2) is 53.9 Å². The molecule has 0 saturated heterocycles. The van der Waals surface area contributed by atoms with Gasteiger partial charge in [0, 0.05) is 22.2 Å². The van der Waals surface area contributed by atoms with Crippen LogP contribution in [0.1, 0.15) is 48.4 Å². The van der Waals surface area contributed by atoms with Crippen LogP contribution in [-0.2, 0) is 4.79 Å². The number of carbonyl (C=O) groups is 2. The van der Waals surface area contributed by atoms with Gasteiger partial charge in [-0.1, -0.05) is 34.8 Å². The molecule has 3 aromatic rings. The normalized spacial score (nSPS) is 12.2. The molecular weight excluding hydrogens is 412 g/mol. The average Bonchev–Trinajstić information content (AvgIpc) is 3.25. The standard InChI is InChI=1S/C23H26N4O3S/c1-15-9-8-10-16(13-15)27(22(29)18-14-31-26-25-18)20(21(28)24-23(2,3)4)17-11-6-7-12-19(17)30-5/h6-14,20H,1-5H3,(H,24,28)/t20-/m1/s1. The Morgan fingerprint density at radius 2 is 1.87 bits per heavy atom. The van der Waals surface area contributed by atoms with Crippen LogP contribution in [-0.4, -0.2) is 34.1 Å². The van der Waals surface area contributed by atoms with Crippen molar-refractivity contribution in [2.24, 2.45) is 0 Å². The van der Waals surface area contributed by atoms with E-state index in [1.165, 1.54) is 4.90 Å². The molecule has 0 spiro atoms.